The fraction of sp³-hybridized carbons (Fsp3) is 0.383. The van der Waals surface area contributed by atoms with Crippen LogP contribution in [0, 0.1) is 0 Å². The highest BCUT2D eigenvalue weighted by molar-refractivity contribution is 6.42. The average Bonchev–Trinajstić information content (AvgIpc) is 3.46. The number of halogens is 4. The van der Waals surface area contributed by atoms with Gasteiger partial charge in [-0.15, -0.1) is 0 Å². The number of carbonyl (C=O) groups is 5. The first-order valence-corrected chi connectivity index (χ1v) is 28.8. The second kappa shape index (κ2) is 28.0. The summed E-state index contributed by atoms with van der Waals surface area (Å²) in [6.45, 7) is 8.56. The van der Waals surface area contributed by atoms with Crippen LogP contribution in [0.15, 0.2) is 115 Å². The molecule has 4 amide bonds. The average molecular weight is 1170 g/mol. The number of piperidine rings is 1. The molecular weight excluding hydrogens is 1100 g/mol. The minimum atomic E-state index is -0.958. The van der Waals surface area contributed by atoms with Gasteiger partial charge in [-0.05, 0) is 96.6 Å². The van der Waals surface area contributed by atoms with Crippen molar-refractivity contribution in [2.75, 3.05) is 90.4 Å². The van der Waals surface area contributed by atoms with E-state index in [4.69, 9.17) is 46.4 Å². The van der Waals surface area contributed by atoms with Crippen molar-refractivity contribution in [3.63, 3.8) is 0 Å². The summed E-state index contributed by atoms with van der Waals surface area (Å²) >= 11 is 25.0. The Bertz CT molecular complexity index is 3020. The number of amides is 4. The van der Waals surface area contributed by atoms with Crippen LogP contribution in [0.1, 0.15) is 64.0 Å². The first-order chi connectivity index (χ1) is 38.7. The zero-order valence-electron chi connectivity index (χ0n) is 44.5. The molecule has 80 heavy (non-hydrogen) atoms. The molecule has 4 aliphatic heterocycles. The van der Waals surface area contributed by atoms with E-state index in [2.05, 4.69) is 58.8 Å². The first kappa shape index (κ1) is 58.4. The number of nitrogens with zero attached hydrogens (tertiary/aromatic N) is 7. The Hall–Kier alpha value is -6.21. The highest BCUT2D eigenvalue weighted by Gasteiger charge is 2.34. The third-order valence-electron chi connectivity index (χ3n) is 15.0. The number of anilines is 1. The van der Waals surface area contributed by atoms with E-state index < -0.39 is 12.1 Å². The molecule has 3 saturated heterocycles. The number of aromatic nitrogens is 2. The van der Waals surface area contributed by atoms with Crippen LogP contribution in [0.3, 0.4) is 0 Å². The van der Waals surface area contributed by atoms with E-state index in [0.717, 1.165) is 70.8 Å². The van der Waals surface area contributed by atoms with Gasteiger partial charge < -0.3 is 30.9 Å². The number of benzene rings is 4. The number of hydrogen-bond acceptors (Lipinski definition) is 12. The Kier molecular flexibility index (Phi) is 20.4. The van der Waals surface area contributed by atoms with E-state index in [1.54, 1.807) is 59.5 Å². The summed E-state index contributed by atoms with van der Waals surface area (Å²) in [6.07, 6.45) is 6.78. The van der Waals surface area contributed by atoms with Crippen LogP contribution in [-0.2, 0) is 38.6 Å². The van der Waals surface area contributed by atoms with Gasteiger partial charge in [0.1, 0.15) is 23.9 Å². The summed E-state index contributed by atoms with van der Waals surface area (Å²) in [6, 6.07) is 28.7. The fourth-order valence-corrected chi connectivity index (χ4v) is 11.2. The molecule has 4 aliphatic rings. The summed E-state index contributed by atoms with van der Waals surface area (Å²) in [5.74, 6) is -0.734. The van der Waals surface area contributed by atoms with E-state index in [0.29, 0.717) is 74.2 Å². The van der Waals surface area contributed by atoms with Crippen LogP contribution in [0.25, 0.3) is 12.2 Å². The van der Waals surface area contributed by atoms with Gasteiger partial charge in [-0.25, -0.2) is 9.97 Å². The molecule has 0 spiro atoms. The third kappa shape index (κ3) is 16.3. The summed E-state index contributed by atoms with van der Waals surface area (Å²) in [4.78, 5) is 87.6. The monoisotopic (exact) mass is 1160 g/mol. The number of hydrogen-bond donors (Lipinski definition) is 4. The van der Waals surface area contributed by atoms with Crippen molar-refractivity contribution in [3.8, 4) is 0 Å². The standard InChI is InChI=1S/C60H66Cl4N10O6/c61-49-16-14-41(28-51(49)63)26-45-34-74(35-46(58(45)78)27-42-15-17-50(62)52(64)29-42)60(80)54(30-40-8-2-1-3-9-40)69-56(76)12-6-13-57(77)73-24-22-70(23-25-73)19-7-20-71-36-47(37-71)68-55-31-53(66-39-67-55)59(79)65-32-48(75)38-72-21-18-43-10-4-5-11-44(43)33-72/h1-5,8-11,14-17,26-29,31,39,47-48,54,75H,6-7,12-13,18-25,30,32-38H2,(H,65,79)(H,69,76)(H,66,67,68)/b45-26+,46-27+. The smallest absolute Gasteiger partial charge is 0.270 e. The highest BCUT2D eigenvalue weighted by atomic mass is 35.5. The summed E-state index contributed by atoms with van der Waals surface area (Å²) in [5.41, 5.74) is 5.67. The molecule has 2 atom stereocenters. The molecule has 420 valence electrons. The van der Waals surface area contributed by atoms with E-state index in [-0.39, 0.29) is 80.0 Å². The molecule has 2 unspecified atom stereocenters. The second-order valence-electron chi connectivity index (χ2n) is 21.0. The van der Waals surface area contributed by atoms with Crippen LogP contribution in [-0.4, -0.2) is 172 Å². The molecule has 4 aromatic carbocycles. The lowest BCUT2D eigenvalue weighted by molar-refractivity contribution is -0.137. The van der Waals surface area contributed by atoms with Crippen molar-refractivity contribution >= 4 is 93.8 Å². The summed E-state index contributed by atoms with van der Waals surface area (Å²) in [5, 5.41) is 21.3. The number of β-amino-alcohol motifs (C(OH)–C–C–N with tert-alkyl or cyclic N) is 1. The lowest BCUT2D eigenvalue weighted by Gasteiger charge is -2.40. The van der Waals surface area contributed by atoms with Crippen LogP contribution in [0.5, 0.6) is 0 Å². The van der Waals surface area contributed by atoms with E-state index >= 15 is 0 Å². The molecular formula is C60H66Cl4N10O6. The zero-order valence-corrected chi connectivity index (χ0v) is 47.5. The summed E-state index contributed by atoms with van der Waals surface area (Å²) in [7, 11) is 0. The molecule has 0 saturated carbocycles. The number of piperazine rings is 1. The number of nitrogens with one attached hydrogen (secondary N) is 3. The normalized spacial score (nSPS) is 18.1. The van der Waals surface area contributed by atoms with Crippen molar-refractivity contribution in [2.24, 2.45) is 0 Å². The molecule has 20 heteroatoms. The molecule has 0 bridgehead atoms. The molecule has 1 aromatic heterocycles. The fourth-order valence-electron chi connectivity index (χ4n) is 10.6. The Morgan fingerprint density at radius 3 is 2.00 bits per heavy atom. The van der Waals surface area contributed by atoms with Gasteiger partial charge in [-0.2, -0.15) is 0 Å². The topological polar surface area (TPSA) is 184 Å². The number of ketones is 1. The van der Waals surface area contributed by atoms with Gasteiger partial charge in [0.2, 0.25) is 17.7 Å². The number of rotatable bonds is 21. The van der Waals surface area contributed by atoms with Crippen molar-refractivity contribution in [3.05, 3.63) is 168 Å². The van der Waals surface area contributed by atoms with Crippen LogP contribution < -0.4 is 16.0 Å². The molecule has 5 aromatic rings. The molecule has 0 radical (unpaired) electrons. The number of aliphatic hydroxyl groups is 1. The summed E-state index contributed by atoms with van der Waals surface area (Å²) < 4.78 is 0. The van der Waals surface area contributed by atoms with Crippen molar-refractivity contribution in [2.45, 2.75) is 63.3 Å². The van der Waals surface area contributed by atoms with Crippen LogP contribution >= 0.6 is 46.4 Å². The molecule has 0 aliphatic carbocycles. The number of carbonyl (C=O) groups excluding carboxylic acids is 5. The van der Waals surface area contributed by atoms with Gasteiger partial charge in [0.05, 0.1) is 32.2 Å². The van der Waals surface area contributed by atoms with E-state index in [9.17, 15) is 29.1 Å². The van der Waals surface area contributed by atoms with Gasteiger partial charge in [-0.1, -0.05) is 113 Å². The minimum Gasteiger partial charge on any atom is -0.390 e. The van der Waals surface area contributed by atoms with E-state index in [1.165, 1.54) is 17.5 Å². The van der Waals surface area contributed by atoms with Gasteiger partial charge in [0, 0.05) is 115 Å². The lowest BCUT2D eigenvalue weighted by Crippen LogP contribution is -2.55. The Morgan fingerprint density at radius 1 is 0.675 bits per heavy atom. The minimum absolute atomic E-state index is 0.000414. The molecule has 9 rings (SSSR count). The largest absolute Gasteiger partial charge is 0.390 e. The third-order valence-corrected chi connectivity index (χ3v) is 16.4. The van der Waals surface area contributed by atoms with Gasteiger partial charge in [0.15, 0.2) is 5.78 Å². The first-order valence-electron chi connectivity index (χ1n) is 27.2. The number of fused-ring (bicyclic) bond motifs is 1. The maximum absolute atomic E-state index is 14.6. The maximum Gasteiger partial charge on any atom is 0.270 e. The van der Waals surface area contributed by atoms with Gasteiger partial charge in [0.25, 0.3) is 5.91 Å². The van der Waals surface area contributed by atoms with E-state index in [1.807, 2.05) is 41.3 Å². The lowest BCUT2D eigenvalue weighted by atomic mass is 9.93. The molecule has 3 fully saturated rings. The van der Waals surface area contributed by atoms with Crippen LogP contribution in [0.2, 0.25) is 20.1 Å². The Morgan fingerprint density at radius 2 is 1.32 bits per heavy atom. The Labute approximate surface area is 487 Å². The maximum atomic E-state index is 14.6. The molecule has 16 nitrogen and oxygen atoms in total. The Balaban J connectivity index is 0.687. The molecule has 4 N–H and O–H groups in total. The van der Waals surface area contributed by atoms with Crippen molar-refractivity contribution < 1.29 is 29.1 Å². The predicted octanol–water partition coefficient (Wildman–Crippen LogP) is 7.35. The quantitative estimate of drug-likeness (QED) is 0.0537. The van der Waals surface area contributed by atoms with Gasteiger partial charge >= 0.3 is 0 Å². The van der Waals surface area contributed by atoms with Crippen molar-refractivity contribution in [1.82, 2.24) is 45.1 Å². The number of aliphatic hydroxyl groups excluding tert-OH is 1. The SMILES string of the molecule is O=C(CCCC(=O)N1CCN(CCCN2CC(Nc3cc(C(=O)NCC(O)CN4CCc5ccccc5C4)ncn3)C2)CC1)NC(Cc1ccccc1)C(=O)N1C/C(=C\c2ccc(Cl)c(Cl)c2)C(=O)/C(=C/c2ccc(Cl)c(Cl)c2)C1. The van der Waals surface area contributed by atoms with Gasteiger partial charge in [-0.3, -0.25) is 38.7 Å². The highest BCUT2D eigenvalue weighted by Crippen LogP contribution is 2.29. The number of likely N-dealkylation sites (tertiary alicyclic amines) is 2. The predicted molar refractivity (Wildman–Crippen MR) is 314 cm³/mol. The molecule has 5 heterocycles. The second-order valence-corrected chi connectivity index (χ2v) is 22.6. The number of Topliss-reactive ketones (excluding diaryl/α,β-unsaturated/α-hetero) is 1. The van der Waals surface area contributed by atoms with Crippen molar-refractivity contribution in [1.29, 1.82) is 0 Å². The van der Waals surface area contributed by atoms with Crippen LogP contribution in [0.4, 0.5) is 5.82 Å². The zero-order chi connectivity index (χ0) is 56.1.